The number of ether oxygens (including phenoxy) is 1. The fourth-order valence-electron chi connectivity index (χ4n) is 2.97. The van der Waals surface area contributed by atoms with Gasteiger partial charge in [-0.15, -0.1) is 0 Å². The summed E-state index contributed by atoms with van der Waals surface area (Å²) in [6.07, 6.45) is 2.41. The molecule has 2 aromatic rings. The molecule has 1 saturated heterocycles. The van der Waals surface area contributed by atoms with Crippen molar-refractivity contribution in [1.29, 1.82) is 0 Å². The molecule has 0 saturated carbocycles. The van der Waals surface area contributed by atoms with E-state index in [9.17, 15) is 9.59 Å². The maximum Gasteiger partial charge on any atom is 0.251 e. The predicted molar refractivity (Wildman–Crippen MR) is 102 cm³/mol. The van der Waals surface area contributed by atoms with Crippen LogP contribution in [0.25, 0.3) is 0 Å². The van der Waals surface area contributed by atoms with Crippen LogP contribution in [0, 0.1) is 0 Å². The summed E-state index contributed by atoms with van der Waals surface area (Å²) in [6.45, 7) is 3.29. The number of amides is 2. The van der Waals surface area contributed by atoms with Crippen LogP contribution in [0.15, 0.2) is 54.6 Å². The molecule has 1 fully saturated rings. The molecular weight excluding hydrogens is 328 g/mol. The number of unbranched alkanes of at least 4 members (excludes halogenated alkanes) is 1. The third-order valence-corrected chi connectivity index (χ3v) is 4.41. The van der Waals surface area contributed by atoms with E-state index in [0.29, 0.717) is 25.1 Å². The Balaban J connectivity index is 1.56. The number of para-hydroxylation sites is 1. The number of carbonyl (C=O) groups is 2. The summed E-state index contributed by atoms with van der Waals surface area (Å²) in [5.74, 6) is 0.625. The third kappa shape index (κ3) is 4.42. The van der Waals surface area contributed by atoms with Gasteiger partial charge in [0, 0.05) is 24.2 Å². The monoisotopic (exact) mass is 352 g/mol. The molecule has 1 N–H and O–H groups in total. The lowest BCUT2D eigenvalue weighted by molar-refractivity contribution is -0.117. The largest absolute Gasteiger partial charge is 0.494 e. The average molecular weight is 352 g/mol. The highest BCUT2D eigenvalue weighted by Crippen LogP contribution is 2.21. The van der Waals surface area contributed by atoms with Crippen LogP contribution in [0.1, 0.15) is 36.5 Å². The van der Waals surface area contributed by atoms with Gasteiger partial charge in [0.2, 0.25) is 5.91 Å². The van der Waals surface area contributed by atoms with Gasteiger partial charge < -0.3 is 15.0 Å². The number of rotatable bonds is 7. The van der Waals surface area contributed by atoms with Gasteiger partial charge in [-0.1, -0.05) is 31.5 Å². The van der Waals surface area contributed by atoms with E-state index in [0.717, 1.165) is 24.3 Å². The van der Waals surface area contributed by atoms with E-state index in [1.807, 2.05) is 30.3 Å². The van der Waals surface area contributed by atoms with Gasteiger partial charge in [0.15, 0.2) is 0 Å². The number of anilines is 1. The van der Waals surface area contributed by atoms with Crippen molar-refractivity contribution in [2.75, 3.05) is 18.1 Å². The molecule has 0 aliphatic carbocycles. The molecule has 0 bridgehead atoms. The smallest absolute Gasteiger partial charge is 0.251 e. The highest BCUT2D eigenvalue weighted by Gasteiger charge is 2.31. The summed E-state index contributed by atoms with van der Waals surface area (Å²) in [4.78, 5) is 26.4. The lowest BCUT2D eigenvalue weighted by Crippen LogP contribution is -2.37. The van der Waals surface area contributed by atoms with Crippen LogP contribution < -0.4 is 15.0 Å². The van der Waals surface area contributed by atoms with Gasteiger partial charge in [0.25, 0.3) is 5.91 Å². The molecule has 2 aromatic carbocycles. The minimum absolute atomic E-state index is 0.0289. The van der Waals surface area contributed by atoms with Crippen molar-refractivity contribution < 1.29 is 14.3 Å². The van der Waals surface area contributed by atoms with Crippen molar-refractivity contribution in [2.45, 2.75) is 32.2 Å². The van der Waals surface area contributed by atoms with Crippen LogP contribution in [0.5, 0.6) is 5.75 Å². The SMILES string of the molecule is CCCCOc1ccc(C(=O)N[C@H]2CC(=O)N(c3ccccc3)C2)cc1. The first-order valence-electron chi connectivity index (χ1n) is 9.06. The van der Waals surface area contributed by atoms with Crippen LogP contribution >= 0.6 is 0 Å². The molecule has 1 aliphatic rings. The summed E-state index contributed by atoms with van der Waals surface area (Å²) >= 11 is 0. The second-order valence-electron chi connectivity index (χ2n) is 6.44. The Hall–Kier alpha value is -2.82. The van der Waals surface area contributed by atoms with Gasteiger partial charge in [0.05, 0.1) is 12.6 Å². The van der Waals surface area contributed by atoms with Crippen LogP contribution in [0.4, 0.5) is 5.69 Å². The number of hydrogen-bond acceptors (Lipinski definition) is 3. The lowest BCUT2D eigenvalue weighted by Gasteiger charge is -2.17. The molecule has 0 spiro atoms. The molecule has 1 aliphatic heterocycles. The molecular formula is C21H24N2O3. The van der Waals surface area contributed by atoms with E-state index >= 15 is 0 Å². The minimum atomic E-state index is -0.185. The van der Waals surface area contributed by atoms with Crippen molar-refractivity contribution in [1.82, 2.24) is 5.32 Å². The third-order valence-electron chi connectivity index (χ3n) is 4.41. The Kier molecular flexibility index (Phi) is 5.89. The maximum atomic E-state index is 12.4. The second kappa shape index (κ2) is 8.52. The van der Waals surface area contributed by atoms with Gasteiger partial charge in [-0.3, -0.25) is 9.59 Å². The molecule has 5 heteroatoms. The fraction of sp³-hybridized carbons (Fsp3) is 0.333. The molecule has 0 aromatic heterocycles. The first-order valence-corrected chi connectivity index (χ1v) is 9.06. The maximum absolute atomic E-state index is 12.4. The number of nitrogens with one attached hydrogen (secondary N) is 1. The zero-order valence-electron chi connectivity index (χ0n) is 15.0. The van der Waals surface area contributed by atoms with E-state index in [1.165, 1.54) is 0 Å². The molecule has 1 heterocycles. The highest BCUT2D eigenvalue weighted by molar-refractivity contribution is 5.99. The van der Waals surface area contributed by atoms with Crippen molar-refractivity contribution in [2.24, 2.45) is 0 Å². The molecule has 0 radical (unpaired) electrons. The zero-order valence-corrected chi connectivity index (χ0v) is 15.0. The lowest BCUT2D eigenvalue weighted by atomic mass is 10.2. The van der Waals surface area contributed by atoms with E-state index in [2.05, 4.69) is 12.2 Å². The van der Waals surface area contributed by atoms with E-state index in [1.54, 1.807) is 29.2 Å². The summed E-state index contributed by atoms with van der Waals surface area (Å²) in [6, 6.07) is 16.5. The molecule has 0 unspecified atom stereocenters. The summed E-state index contributed by atoms with van der Waals surface area (Å²) < 4.78 is 5.61. The number of nitrogens with zero attached hydrogens (tertiary/aromatic N) is 1. The van der Waals surface area contributed by atoms with E-state index in [4.69, 9.17) is 4.74 Å². The Morgan fingerprint density at radius 3 is 2.58 bits per heavy atom. The second-order valence-corrected chi connectivity index (χ2v) is 6.44. The zero-order chi connectivity index (χ0) is 18.4. The summed E-state index contributed by atoms with van der Waals surface area (Å²) in [5, 5.41) is 2.95. The predicted octanol–water partition coefficient (Wildman–Crippen LogP) is 3.40. The minimum Gasteiger partial charge on any atom is -0.494 e. The van der Waals surface area contributed by atoms with Crippen molar-refractivity contribution in [3.05, 3.63) is 60.2 Å². The quantitative estimate of drug-likeness (QED) is 0.777. The highest BCUT2D eigenvalue weighted by atomic mass is 16.5. The first kappa shape index (κ1) is 18.0. The molecule has 1 atom stereocenters. The average Bonchev–Trinajstić information content (AvgIpc) is 3.03. The molecule has 5 nitrogen and oxygen atoms in total. The van der Waals surface area contributed by atoms with Crippen LogP contribution in [0.2, 0.25) is 0 Å². The van der Waals surface area contributed by atoms with Gasteiger partial charge in [-0.25, -0.2) is 0 Å². The van der Waals surface area contributed by atoms with E-state index < -0.39 is 0 Å². The first-order chi connectivity index (χ1) is 12.7. The van der Waals surface area contributed by atoms with Crippen molar-refractivity contribution in [3.8, 4) is 5.75 Å². The molecule has 2 amide bonds. The van der Waals surface area contributed by atoms with Crippen molar-refractivity contribution >= 4 is 17.5 Å². The molecule has 3 rings (SSSR count). The van der Waals surface area contributed by atoms with Gasteiger partial charge >= 0.3 is 0 Å². The van der Waals surface area contributed by atoms with Crippen LogP contribution in [-0.2, 0) is 4.79 Å². The number of benzene rings is 2. The Morgan fingerprint density at radius 1 is 1.15 bits per heavy atom. The summed E-state index contributed by atoms with van der Waals surface area (Å²) in [7, 11) is 0. The topological polar surface area (TPSA) is 58.6 Å². The van der Waals surface area contributed by atoms with Crippen molar-refractivity contribution in [3.63, 3.8) is 0 Å². The van der Waals surface area contributed by atoms with Crippen LogP contribution in [-0.4, -0.2) is 31.0 Å². The van der Waals surface area contributed by atoms with Gasteiger partial charge in [-0.05, 0) is 42.8 Å². The normalized spacial score (nSPS) is 16.6. The number of hydrogen-bond donors (Lipinski definition) is 1. The van der Waals surface area contributed by atoms with E-state index in [-0.39, 0.29) is 17.9 Å². The van der Waals surface area contributed by atoms with Gasteiger partial charge in [-0.2, -0.15) is 0 Å². The van der Waals surface area contributed by atoms with Gasteiger partial charge in [0.1, 0.15) is 5.75 Å². The Labute approximate surface area is 154 Å². The molecule has 26 heavy (non-hydrogen) atoms. The number of carbonyl (C=O) groups excluding carboxylic acids is 2. The Morgan fingerprint density at radius 2 is 1.88 bits per heavy atom. The Bertz CT molecular complexity index is 744. The summed E-state index contributed by atoms with van der Waals surface area (Å²) in [5.41, 5.74) is 1.43. The molecule has 136 valence electrons. The van der Waals surface area contributed by atoms with Crippen LogP contribution in [0.3, 0.4) is 0 Å². The standard InChI is InChI=1S/C21H24N2O3/c1-2-3-13-26-19-11-9-16(10-12-19)21(25)22-17-14-20(24)23(15-17)18-7-5-4-6-8-18/h4-12,17H,2-3,13-15H2,1H3,(H,22,25)/t17-/m0/s1. The fourth-order valence-corrected chi connectivity index (χ4v) is 2.97.